The molecule has 4 N–H and O–H groups in total. The van der Waals surface area contributed by atoms with Crippen LogP contribution in [0.25, 0.3) is 10.4 Å². The highest BCUT2D eigenvalue weighted by atomic mass is 32.1. The number of amides is 1. The fourth-order valence-corrected chi connectivity index (χ4v) is 4.15. The summed E-state index contributed by atoms with van der Waals surface area (Å²) >= 11 is 1.59. The van der Waals surface area contributed by atoms with Gasteiger partial charge in [-0.25, -0.2) is 4.98 Å². The second-order valence-electron chi connectivity index (χ2n) is 7.46. The Bertz CT molecular complexity index is 775. The van der Waals surface area contributed by atoms with E-state index in [1.165, 1.54) is 0 Å². The second-order valence-corrected chi connectivity index (χ2v) is 8.31. The molecule has 146 valence electrons. The molecule has 1 saturated heterocycles. The molecule has 1 amide bonds. The number of nitrogens with one attached hydrogen (secondary N) is 2. The van der Waals surface area contributed by atoms with E-state index in [2.05, 4.69) is 15.6 Å². The fourth-order valence-electron chi connectivity index (χ4n) is 3.34. The number of aliphatic hydroxyl groups is 2. The van der Waals surface area contributed by atoms with Gasteiger partial charge >= 0.3 is 0 Å². The topological polar surface area (TPSA) is 94.5 Å². The van der Waals surface area contributed by atoms with Crippen molar-refractivity contribution in [2.24, 2.45) is 5.92 Å². The molecule has 0 bridgehead atoms. The number of rotatable bonds is 6. The maximum atomic E-state index is 12.6. The van der Waals surface area contributed by atoms with E-state index in [0.717, 1.165) is 21.7 Å². The highest BCUT2D eigenvalue weighted by Crippen LogP contribution is 2.30. The summed E-state index contributed by atoms with van der Waals surface area (Å²) in [6, 6.07) is 6.96. The first-order chi connectivity index (χ1) is 12.9. The van der Waals surface area contributed by atoms with Gasteiger partial charge < -0.3 is 20.8 Å². The average molecular weight is 390 g/mol. The Balaban J connectivity index is 1.80. The lowest BCUT2D eigenvalue weighted by molar-refractivity contribution is -0.124. The molecule has 27 heavy (non-hydrogen) atoms. The molecule has 0 radical (unpaired) electrons. The summed E-state index contributed by atoms with van der Waals surface area (Å²) in [7, 11) is 0. The Morgan fingerprint density at radius 2 is 2.04 bits per heavy atom. The first-order valence-electron chi connectivity index (χ1n) is 9.27. The van der Waals surface area contributed by atoms with Crippen LogP contribution in [-0.4, -0.2) is 45.9 Å². The van der Waals surface area contributed by atoms with Gasteiger partial charge in [0.1, 0.15) is 0 Å². The van der Waals surface area contributed by atoms with Crippen molar-refractivity contribution in [2.75, 3.05) is 6.54 Å². The quantitative estimate of drug-likeness (QED) is 0.606. The summed E-state index contributed by atoms with van der Waals surface area (Å²) in [5.74, 6) is -0.209. The van der Waals surface area contributed by atoms with Gasteiger partial charge in [-0.3, -0.25) is 4.79 Å². The summed E-state index contributed by atoms with van der Waals surface area (Å²) in [4.78, 5) is 18.0. The lowest BCUT2D eigenvalue weighted by Gasteiger charge is -2.28. The molecule has 4 atom stereocenters. The van der Waals surface area contributed by atoms with E-state index in [9.17, 15) is 15.0 Å². The highest BCUT2D eigenvalue weighted by Gasteiger charge is 2.32. The molecule has 0 spiro atoms. The summed E-state index contributed by atoms with van der Waals surface area (Å²) in [5, 5.41) is 26.3. The van der Waals surface area contributed by atoms with E-state index in [4.69, 9.17) is 0 Å². The molecule has 1 aromatic carbocycles. The minimum atomic E-state index is -0.712. The fraction of sp³-hybridized carbons (Fsp3) is 0.500. The SMILES string of the molecule is Cc1ncsc1-c1ccc([C@@H](NC(=O)C2CC(O)CN2)[C@H](O)C(C)C)cc1. The number of hydrogen-bond donors (Lipinski definition) is 4. The van der Waals surface area contributed by atoms with Crippen LogP contribution in [0, 0.1) is 12.8 Å². The average Bonchev–Trinajstić information content (AvgIpc) is 3.27. The van der Waals surface area contributed by atoms with Gasteiger partial charge in [-0.15, -0.1) is 11.3 Å². The molecule has 6 nitrogen and oxygen atoms in total. The third-order valence-corrected chi connectivity index (χ3v) is 6.00. The van der Waals surface area contributed by atoms with Crippen LogP contribution in [0.1, 0.15) is 37.6 Å². The van der Waals surface area contributed by atoms with E-state index < -0.39 is 24.3 Å². The van der Waals surface area contributed by atoms with E-state index in [1.807, 2.05) is 50.5 Å². The lowest BCUT2D eigenvalue weighted by Crippen LogP contribution is -2.46. The van der Waals surface area contributed by atoms with Gasteiger partial charge in [0.25, 0.3) is 0 Å². The van der Waals surface area contributed by atoms with Crippen LogP contribution in [0.15, 0.2) is 29.8 Å². The second kappa shape index (κ2) is 8.48. The van der Waals surface area contributed by atoms with E-state index in [-0.39, 0.29) is 11.8 Å². The predicted octanol–water partition coefficient (Wildman–Crippen LogP) is 2.02. The van der Waals surface area contributed by atoms with Crippen molar-refractivity contribution < 1.29 is 15.0 Å². The maximum absolute atomic E-state index is 12.6. The summed E-state index contributed by atoms with van der Waals surface area (Å²) in [6.45, 7) is 6.25. The summed E-state index contributed by atoms with van der Waals surface area (Å²) < 4.78 is 0. The van der Waals surface area contributed by atoms with Crippen molar-refractivity contribution in [3.8, 4) is 10.4 Å². The van der Waals surface area contributed by atoms with Crippen molar-refractivity contribution >= 4 is 17.2 Å². The van der Waals surface area contributed by atoms with E-state index >= 15 is 0 Å². The Kier molecular flexibility index (Phi) is 6.26. The van der Waals surface area contributed by atoms with E-state index in [0.29, 0.717) is 13.0 Å². The number of nitrogens with zero attached hydrogens (tertiary/aromatic N) is 1. The molecule has 7 heteroatoms. The van der Waals surface area contributed by atoms with Gasteiger partial charge in [0, 0.05) is 6.54 Å². The first kappa shape index (κ1) is 19.9. The molecule has 3 rings (SSSR count). The molecular formula is C20H27N3O3S. The number of aromatic nitrogens is 1. The molecule has 2 unspecified atom stereocenters. The van der Waals surface area contributed by atoms with Gasteiger partial charge in [0.15, 0.2) is 0 Å². The number of carbonyl (C=O) groups is 1. The van der Waals surface area contributed by atoms with Crippen LogP contribution < -0.4 is 10.6 Å². The zero-order valence-corrected chi connectivity index (χ0v) is 16.7. The van der Waals surface area contributed by atoms with Crippen molar-refractivity contribution in [3.05, 3.63) is 41.0 Å². The van der Waals surface area contributed by atoms with Gasteiger partial charge in [-0.05, 0) is 30.4 Å². The Morgan fingerprint density at radius 1 is 1.33 bits per heavy atom. The standard InChI is InChI=1S/C20H27N3O3S/c1-11(2)18(25)17(23-20(26)16-8-15(24)9-21-16)13-4-6-14(7-5-13)19-12(3)22-10-27-19/h4-7,10-11,15-18,21,24-25H,8-9H2,1-3H3,(H,23,26)/t15?,16?,17-,18-/m1/s1. The molecule has 1 aromatic heterocycles. The molecule has 0 aliphatic carbocycles. The van der Waals surface area contributed by atoms with Crippen LogP contribution in [0.5, 0.6) is 0 Å². The zero-order chi connectivity index (χ0) is 19.6. The van der Waals surface area contributed by atoms with E-state index in [1.54, 1.807) is 11.3 Å². The van der Waals surface area contributed by atoms with Gasteiger partial charge in [0.05, 0.1) is 40.4 Å². The number of hydrogen-bond acceptors (Lipinski definition) is 6. The Morgan fingerprint density at radius 3 is 2.56 bits per heavy atom. The third-order valence-electron chi connectivity index (χ3n) is 5.02. The first-order valence-corrected chi connectivity index (χ1v) is 10.1. The van der Waals surface area contributed by atoms with Crippen LogP contribution in [-0.2, 0) is 4.79 Å². The molecule has 1 fully saturated rings. The van der Waals surface area contributed by atoms with Crippen LogP contribution >= 0.6 is 11.3 Å². The lowest BCUT2D eigenvalue weighted by atomic mass is 9.92. The Hall–Kier alpha value is -1.80. The van der Waals surface area contributed by atoms with Crippen LogP contribution in [0.2, 0.25) is 0 Å². The van der Waals surface area contributed by atoms with Crippen molar-refractivity contribution in [2.45, 2.75) is 51.5 Å². The van der Waals surface area contributed by atoms with Gasteiger partial charge in [0.2, 0.25) is 5.91 Å². The van der Waals surface area contributed by atoms with Crippen molar-refractivity contribution in [1.82, 2.24) is 15.6 Å². The molecule has 0 saturated carbocycles. The number of carbonyl (C=O) groups excluding carboxylic acids is 1. The molecule has 2 heterocycles. The van der Waals surface area contributed by atoms with Crippen molar-refractivity contribution in [1.29, 1.82) is 0 Å². The highest BCUT2D eigenvalue weighted by molar-refractivity contribution is 7.13. The molecule has 1 aliphatic heterocycles. The predicted molar refractivity (Wildman–Crippen MR) is 106 cm³/mol. The Labute approximate surface area is 163 Å². The largest absolute Gasteiger partial charge is 0.392 e. The minimum absolute atomic E-state index is 0.0131. The van der Waals surface area contributed by atoms with Crippen LogP contribution in [0.3, 0.4) is 0 Å². The summed E-state index contributed by atoms with van der Waals surface area (Å²) in [5.41, 5.74) is 4.75. The van der Waals surface area contributed by atoms with Gasteiger partial charge in [-0.1, -0.05) is 38.1 Å². The number of β-amino-alcohol motifs (C(OH)–C–C–N with tert-alkyl or cyclic N) is 1. The smallest absolute Gasteiger partial charge is 0.237 e. The van der Waals surface area contributed by atoms with Crippen LogP contribution in [0.4, 0.5) is 0 Å². The van der Waals surface area contributed by atoms with Crippen molar-refractivity contribution in [3.63, 3.8) is 0 Å². The number of aryl methyl sites for hydroxylation is 1. The monoisotopic (exact) mass is 389 g/mol. The molecule has 1 aliphatic rings. The normalized spacial score (nSPS) is 22.0. The maximum Gasteiger partial charge on any atom is 0.237 e. The zero-order valence-electron chi connectivity index (χ0n) is 15.8. The van der Waals surface area contributed by atoms with Gasteiger partial charge in [-0.2, -0.15) is 0 Å². The minimum Gasteiger partial charge on any atom is -0.392 e. The molecule has 2 aromatic rings. The number of aliphatic hydroxyl groups excluding tert-OH is 2. The molecular weight excluding hydrogens is 362 g/mol. The number of thiazole rings is 1. The summed E-state index contributed by atoms with van der Waals surface area (Å²) in [6.07, 6.45) is -0.827. The number of benzene rings is 1. The third kappa shape index (κ3) is 4.55.